The Balaban J connectivity index is 2.85. The average molecular weight is 273 g/mol. The van der Waals surface area contributed by atoms with E-state index in [1.165, 1.54) is 6.21 Å². The molecule has 1 aromatic rings. The predicted octanol–water partition coefficient (Wildman–Crippen LogP) is 1.92. The second-order valence-electron chi connectivity index (χ2n) is 3.40. The number of benzene rings is 1. The van der Waals surface area contributed by atoms with E-state index in [1.54, 1.807) is 0 Å². The summed E-state index contributed by atoms with van der Waals surface area (Å²) in [5.41, 5.74) is 7.65. The fraction of sp³-hybridized carbons (Fsp3) is 0.273. The maximum absolute atomic E-state index is 13.5. The Morgan fingerprint density at radius 1 is 1.50 bits per heavy atom. The van der Waals surface area contributed by atoms with Crippen LogP contribution in [0.1, 0.15) is 18.9 Å². The molecule has 4 nitrogen and oxygen atoms in total. The highest BCUT2D eigenvalue weighted by Crippen LogP contribution is 2.22. The third-order valence-electron chi connectivity index (χ3n) is 1.86. The van der Waals surface area contributed by atoms with E-state index in [2.05, 4.69) is 22.7 Å². The highest BCUT2D eigenvalue weighted by atomic mass is 32.1. The van der Waals surface area contributed by atoms with Crippen molar-refractivity contribution in [3.05, 3.63) is 29.3 Å². The number of ether oxygens (including phenoxy) is 1. The van der Waals surface area contributed by atoms with E-state index in [-0.39, 0.29) is 23.0 Å². The summed E-state index contributed by atoms with van der Waals surface area (Å²) in [6, 6.07) is 2.22. The summed E-state index contributed by atoms with van der Waals surface area (Å²) in [5, 5.41) is 3.57. The number of nitrogens with one attached hydrogen (secondary N) is 1. The largest absolute Gasteiger partial charge is 0.488 e. The van der Waals surface area contributed by atoms with E-state index in [0.717, 1.165) is 12.1 Å². The lowest BCUT2D eigenvalue weighted by molar-refractivity contribution is 0.285. The van der Waals surface area contributed by atoms with Crippen LogP contribution in [0.3, 0.4) is 0 Å². The molecular formula is C11H13F2N3OS. The molecule has 1 aromatic carbocycles. The highest BCUT2D eigenvalue weighted by molar-refractivity contribution is 7.80. The van der Waals surface area contributed by atoms with E-state index in [1.807, 2.05) is 6.92 Å². The van der Waals surface area contributed by atoms with E-state index < -0.39 is 11.6 Å². The van der Waals surface area contributed by atoms with Crippen LogP contribution in [0.2, 0.25) is 0 Å². The van der Waals surface area contributed by atoms with Gasteiger partial charge in [-0.3, -0.25) is 5.43 Å². The van der Waals surface area contributed by atoms with Crippen LogP contribution in [-0.2, 0) is 0 Å². The summed E-state index contributed by atoms with van der Waals surface area (Å²) in [5.74, 6) is -1.93. The van der Waals surface area contributed by atoms with Gasteiger partial charge >= 0.3 is 0 Å². The molecular weight excluding hydrogens is 260 g/mol. The molecule has 0 saturated heterocycles. The Bertz CT molecular complexity index is 443. The predicted molar refractivity (Wildman–Crippen MR) is 69.7 cm³/mol. The molecule has 0 bridgehead atoms. The molecule has 3 N–H and O–H groups in total. The van der Waals surface area contributed by atoms with Gasteiger partial charge in [0.2, 0.25) is 0 Å². The molecule has 0 radical (unpaired) electrons. The lowest BCUT2D eigenvalue weighted by Crippen LogP contribution is -2.24. The summed E-state index contributed by atoms with van der Waals surface area (Å²) in [6.07, 6.45) is 1.87. The maximum atomic E-state index is 13.5. The van der Waals surface area contributed by atoms with Gasteiger partial charge in [0.25, 0.3) is 0 Å². The Hall–Kier alpha value is -1.76. The molecule has 0 aliphatic carbocycles. The van der Waals surface area contributed by atoms with Crippen LogP contribution in [-0.4, -0.2) is 17.9 Å². The lowest BCUT2D eigenvalue weighted by Gasteiger charge is -2.07. The van der Waals surface area contributed by atoms with Crippen molar-refractivity contribution in [2.24, 2.45) is 10.8 Å². The Labute approximate surface area is 109 Å². The minimum absolute atomic E-state index is 0.0323. The van der Waals surface area contributed by atoms with Crippen molar-refractivity contribution in [1.29, 1.82) is 0 Å². The standard InChI is InChI=1S/C11H13F2N3OS/c1-2-3-17-10-8(12)4-7(5-9(10)13)6-15-16-11(14)18/h4-6H,2-3H2,1H3,(H3,14,16,18). The molecule has 0 unspecified atom stereocenters. The molecule has 1 rings (SSSR count). The Morgan fingerprint density at radius 2 is 2.11 bits per heavy atom. The van der Waals surface area contributed by atoms with Crippen molar-refractivity contribution in [2.75, 3.05) is 6.61 Å². The Kier molecular flexibility index (Phi) is 5.44. The number of hydrogen-bond donors (Lipinski definition) is 2. The van der Waals surface area contributed by atoms with E-state index in [0.29, 0.717) is 6.42 Å². The molecule has 0 fully saturated rings. The van der Waals surface area contributed by atoms with Gasteiger partial charge in [-0.2, -0.15) is 5.10 Å². The first-order chi connectivity index (χ1) is 8.54. The molecule has 0 aliphatic rings. The lowest BCUT2D eigenvalue weighted by atomic mass is 10.2. The van der Waals surface area contributed by atoms with Gasteiger partial charge in [0.1, 0.15) is 0 Å². The van der Waals surface area contributed by atoms with Crippen LogP contribution in [0.15, 0.2) is 17.2 Å². The highest BCUT2D eigenvalue weighted by Gasteiger charge is 2.11. The average Bonchev–Trinajstić information content (AvgIpc) is 2.27. The van der Waals surface area contributed by atoms with Gasteiger partial charge in [-0.1, -0.05) is 6.92 Å². The first-order valence-electron chi connectivity index (χ1n) is 5.25. The summed E-state index contributed by atoms with van der Waals surface area (Å²) in [6.45, 7) is 2.10. The van der Waals surface area contributed by atoms with Crippen molar-refractivity contribution in [2.45, 2.75) is 13.3 Å². The van der Waals surface area contributed by atoms with Crippen LogP contribution in [0.25, 0.3) is 0 Å². The van der Waals surface area contributed by atoms with E-state index in [9.17, 15) is 8.78 Å². The number of nitrogens with zero attached hydrogens (tertiary/aromatic N) is 1. The minimum Gasteiger partial charge on any atom is -0.488 e. The molecule has 0 atom stereocenters. The summed E-state index contributed by atoms with van der Waals surface area (Å²) >= 11 is 4.52. The molecule has 18 heavy (non-hydrogen) atoms. The second-order valence-corrected chi connectivity index (χ2v) is 3.84. The number of hydrazone groups is 1. The van der Waals surface area contributed by atoms with Crippen LogP contribution in [0.4, 0.5) is 8.78 Å². The number of nitrogens with two attached hydrogens (primary N) is 1. The summed E-state index contributed by atoms with van der Waals surface area (Å²) in [7, 11) is 0. The van der Waals surface area contributed by atoms with Crippen molar-refractivity contribution in [3.63, 3.8) is 0 Å². The van der Waals surface area contributed by atoms with Crippen molar-refractivity contribution < 1.29 is 13.5 Å². The zero-order valence-electron chi connectivity index (χ0n) is 9.74. The fourth-order valence-corrected chi connectivity index (χ4v) is 1.22. The molecule has 0 aromatic heterocycles. The second kappa shape index (κ2) is 6.85. The quantitative estimate of drug-likeness (QED) is 0.489. The number of hydrogen-bond acceptors (Lipinski definition) is 3. The molecule has 0 aliphatic heterocycles. The fourth-order valence-electron chi connectivity index (χ4n) is 1.17. The van der Waals surface area contributed by atoms with Gasteiger partial charge in [0.15, 0.2) is 22.5 Å². The first kappa shape index (κ1) is 14.3. The topological polar surface area (TPSA) is 59.6 Å². The number of thiocarbonyl (C=S) groups is 1. The zero-order chi connectivity index (χ0) is 13.5. The number of rotatable bonds is 5. The first-order valence-corrected chi connectivity index (χ1v) is 5.65. The molecule has 0 heterocycles. The van der Waals surface area contributed by atoms with Gasteiger partial charge < -0.3 is 10.5 Å². The third-order valence-corrected chi connectivity index (χ3v) is 1.95. The maximum Gasteiger partial charge on any atom is 0.190 e. The van der Waals surface area contributed by atoms with Gasteiger partial charge in [-0.05, 0) is 30.8 Å². The van der Waals surface area contributed by atoms with Crippen molar-refractivity contribution >= 4 is 23.5 Å². The minimum atomic E-state index is -0.778. The molecule has 0 saturated carbocycles. The molecule has 7 heteroatoms. The summed E-state index contributed by atoms with van der Waals surface area (Å²) < 4.78 is 32.0. The van der Waals surface area contributed by atoms with Crippen molar-refractivity contribution in [1.82, 2.24) is 5.43 Å². The van der Waals surface area contributed by atoms with Gasteiger partial charge in [-0.15, -0.1) is 0 Å². The van der Waals surface area contributed by atoms with Crippen LogP contribution < -0.4 is 15.9 Å². The van der Waals surface area contributed by atoms with Gasteiger partial charge in [0, 0.05) is 5.56 Å². The van der Waals surface area contributed by atoms with E-state index >= 15 is 0 Å². The SMILES string of the molecule is CCCOc1c(F)cc(C=NNC(N)=S)cc1F. The molecule has 98 valence electrons. The summed E-state index contributed by atoms with van der Waals surface area (Å²) in [4.78, 5) is 0. The van der Waals surface area contributed by atoms with Crippen LogP contribution in [0, 0.1) is 11.6 Å². The smallest absolute Gasteiger partial charge is 0.190 e. The van der Waals surface area contributed by atoms with Crippen LogP contribution in [0.5, 0.6) is 5.75 Å². The normalized spacial score (nSPS) is 10.6. The molecule has 0 amide bonds. The monoisotopic (exact) mass is 273 g/mol. The third kappa shape index (κ3) is 4.25. The van der Waals surface area contributed by atoms with Gasteiger partial charge in [0.05, 0.1) is 12.8 Å². The van der Waals surface area contributed by atoms with Gasteiger partial charge in [-0.25, -0.2) is 8.78 Å². The zero-order valence-corrected chi connectivity index (χ0v) is 10.6. The van der Waals surface area contributed by atoms with Crippen molar-refractivity contribution in [3.8, 4) is 5.75 Å². The van der Waals surface area contributed by atoms with E-state index in [4.69, 9.17) is 10.5 Å². The number of halogens is 2. The Morgan fingerprint density at radius 3 is 2.61 bits per heavy atom. The molecule has 0 spiro atoms. The van der Waals surface area contributed by atoms with Crippen LogP contribution >= 0.6 is 12.2 Å².